The lowest BCUT2D eigenvalue weighted by atomic mass is 10.1. The summed E-state index contributed by atoms with van der Waals surface area (Å²) in [5.74, 6) is 1.22. The van der Waals surface area contributed by atoms with E-state index in [0.29, 0.717) is 12.5 Å². The molecule has 2 aliphatic rings. The molecular weight excluding hydrogens is 346 g/mol. The number of carbonyl (C=O) groups is 1. The number of hydrogen-bond donors (Lipinski definition) is 0. The standard InChI is InChI=1S/C19H19N5OS/c25-17(10-13-2-1-6-20-11-13)23-7-3-16-15(23)4-8-24(16)18-14-5-9-26-19(14)22-12-21-18/h1-2,5-6,9,11-12,15-16H,3-4,7-8,10H2/t15-,16-/m0/s1. The molecule has 0 spiro atoms. The van der Waals surface area contributed by atoms with Crippen molar-refractivity contribution in [2.45, 2.75) is 31.3 Å². The second-order valence-corrected chi connectivity index (χ2v) is 7.76. The lowest BCUT2D eigenvalue weighted by molar-refractivity contribution is -0.131. The fourth-order valence-corrected chi connectivity index (χ4v) is 5.07. The van der Waals surface area contributed by atoms with Gasteiger partial charge in [-0.05, 0) is 35.9 Å². The average Bonchev–Trinajstić information content (AvgIpc) is 3.38. The van der Waals surface area contributed by atoms with Crippen LogP contribution in [0.1, 0.15) is 18.4 Å². The SMILES string of the molecule is O=C(Cc1cccnc1)N1CC[C@H]2[C@@H]1CCN2c1ncnc2sccc12. The van der Waals surface area contributed by atoms with Crippen molar-refractivity contribution >= 4 is 33.3 Å². The smallest absolute Gasteiger partial charge is 0.227 e. The summed E-state index contributed by atoms with van der Waals surface area (Å²) in [6.45, 7) is 1.76. The first kappa shape index (κ1) is 15.7. The molecule has 132 valence electrons. The largest absolute Gasteiger partial charge is 0.351 e. The van der Waals surface area contributed by atoms with E-state index < -0.39 is 0 Å². The fourth-order valence-electron chi connectivity index (χ4n) is 4.34. The lowest BCUT2D eigenvalue weighted by Gasteiger charge is -2.26. The highest BCUT2D eigenvalue weighted by atomic mass is 32.1. The molecule has 0 unspecified atom stereocenters. The fraction of sp³-hybridized carbons (Fsp3) is 0.368. The Hall–Kier alpha value is -2.54. The first-order valence-corrected chi connectivity index (χ1v) is 9.82. The number of fused-ring (bicyclic) bond motifs is 2. The third-order valence-electron chi connectivity index (χ3n) is 5.49. The summed E-state index contributed by atoms with van der Waals surface area (Å²) in [5.41, 5.74) is 0.978. The summed E-state index contributed by atoms with van der Waals surface area (Å²) in [6, 6.07) is 6.58. The monoisotopic (exact) mass is 365 g/mol. The van der Waals surface area contributed by atoms with E-state index >= 15 is 0 Å². The molecule has 2 saturated heterocycles. The Labute approximate surface area is 155 Å². The Morgan fingerprint density at radius 1 is 1.19 bits per heavy atom. The summed E-state index contributed by atoms with van der Waals surface area (Å²) in [5, 5.41) is 3.19. The zero-order valence-electron chi connectivity index (χ0n) is 14.3. The molecule has 3 aromatic rings. The van der Waals surface area contributed by atoms with Crippen molar-refractivity contribution in [2.24, 2.45) is 0 Å². The molecule has 0 saturated carbocycles. The van der Waals surface area contributed by atoms with Crippen LogP contribution in [-0.4, -0.2) is 50.9 Å². The van der Waals surface area contributed by atoms with E-state index in [9.17, 15) is 4.79 Å². The van der Waals surface area contributed by atoms with Crippen LogP contribution in [0, 0.1) is 0 Å². The first-order valence-electron chi connectivity index (χ1n) is 8.94. The molecule has 2 aliphatic heterocycles. The summed E-state index contributed by atoms with van der Waals surface area (Å²) >= 11 is 1.64. The van der Waals surface area contributed by atoms with E-state index in [1.807, 2.05) is 12.1 Å². The number of aromatic nitrogens is 3. The van der Waals surface area contributed by atoms with Crippen molar-refractivity contribution in [2.75, 3.05) is 18.0 Å². The van der Waals surface area contributed by atoms with Crippen molar-refractivity contribution in [3.05, 3.63) is 47.9 Å². The van der Waals surface area contributed by atoms with Crippen LogP contribution in [0.25, 0.3) is 10.2 Å². The maximum Gasteiger partial charge on any atom is 0.227 e. The van der Waals surface area contributed by atoms with Crippen molar-refractivity contribution in [1.82, 2.24) is 19.9 Å². The quantitative estimate of drug-likeness (QED) is 0.714. The van der Waals surface area contributed by atoms with Crippen LogP contribution in [0.2, 0.25) is 0 Å². The maximum atomic E-state index is 12.8. The van der Waals surface area contributed by atoms with Gasteiger partial charge in [0, 0.05) is 25.5 Å². The Balaban J connectivity index is 1.36. The van der Waals surface area contributed by atoms with Crippen molar-refractivity contribution < 1.29 is 4.79 Å². The topological polar surface area (TPSA) is 62.2 Å². The second-order valence-electron chi connectivity index (χ2n) is 6.87. The number of nitrogens with zero attached hydrogens (tertiary/aromatic N) is 5. The van der Waals surface area contributed by atoms with Crippen LogP contribution in [0.3, 0.4) is 0 Å². The minimum atomic E-state index is 0.204. The molecule has 2 fully saturated rings. The number of carbonyl (C=O) groups excluding carboxylic acids is 1. The van der Waals surface area contributed by atoms with E-state index in [0.717, 1.165) is 47.5 Å². The molecule has 0 bridgehead atoms. The molecule has 0 N–H and O–H groups in total. The minimum Gasteiger partial charge on any atom is -0.351 e. The van der Waals surface area contributed by atoms with Gasteiger partial charge in [0.05, 0.1) is 23.9 Å². The minimum absolute atomic E-state index is 0.204. The molecule has 1 amide bonds. The molecule has 6 nitrogen and oxygen atoms in total. The van der Waals surface area contributed by atoms with Crippen LogP contribution in [0.5, 0.6) is 0 Å². The average molecular weight is 365 g/mol. The predicted octanol–water partition coefficient (Wildman–Crippen LogP) is 2.51. The van der Waals surface area contributed by atoms with Crippen molar-refractivity contribution in [1.29, 1.82) is 0 Å². The molecule has 5 heterocycles. The van der Waals surface area contributed by atoms with Crippen LogP contribution < -0.4 is 4.90 Å². The number of amides is 1. The molecule has 0 aromatic carbocycles. The molecule has 0 aliphatic carbocycles. The van der Waals surface area contributed by atoms with Gasteiger partial charge in [-0.2, -0.15) is 0 Å². The molecule has 0 radical (unpaired) electrons. The summed E-state index contributed by atoms with van der Waals surface area (Å²) in [6.07, 6.45) is 7.60. The highest BCUT2D eigenvalue weighted by molar-refractivity contribution is 7.16. The number of anilines is 1. The van der Waals surface area contributed by atoms with Gasteiger partial charge >= 0.3 is 0 Å². The van der Waals surface area contributed by atoms with Crippen molar-refractivity contribution in [3.63, 3.8) is 0 Å². The number of thiophene rings is 1. The summed E-state index contributed by atoms with van der Waals surface area (Å²) < 4.78 is 0. The number of rotatable bonds is 3. The van der Waals surface area contributed by atoms with Crippen LogP contribution >= 0.6 is 11.3 Å². The molecule has 2 atom stereocenters. The Bertz CT molecular complexity index is 943. The van der Waals surface area contributed by atoms with Crippen molar-refractivity contribution in [3.8, 4) is 0 Å². The lowest BCUT2D eigenvalue weighted by Crippen LogP contribution is -2.40. The zero-order chi connectivity index (χ0) is 17.5. The second kappa shape index (κ2) is 6.32. The van der Waals surface area contributed by atoms with Crippen LogP contribution in [-0.2, 0) is 11.2 Å². The van der Waals surface area contributed by atoms with Gasteiger partial charge in [-0.3, -0.25) is 9.78 Å². The zero-order valence-corrected chi connectivity index (χ0v) is 15.1. The Morgan fingerprint density at radius 2 is 2.12 bits per heavy atom. The van der Waals surface area contributed by atoms with E-state index in [4.69, 9.17) is 0 Å². The number of hydrogen-bond acceptors (Lipinski definition) is 6. The van der Waals surface area contributed by atoms with Crippen LogP contribution in [0.15, 0.2) is 42.3 Å². The van der Waals surface area contributed by atoms with E-state index in [1.165, 1.54) is 0 Å². The normalized spacial score (nSPS) is 22.2. The highest BCUT2D eigenvalue weighted by Gasteiger charge is 2.45. The summed E-state index contributed by atoms with van der Waals surface area (Å²) in [7, 11) is 0. The van der Waals surface area contributed by atoms with E-state index in [1.54, 1.807) is 30.1 Å². The predicted molar refractivity (Wildman–Crippen MR) is 101 cm³/mol. The number of pyridine rings is 1. The van der Waals surface area contributed by atoms with Gasteiger partial charge in [0.2, 0.25) is 5.91 Å². The van der Waals surface area contributed by atoms with Gasteiger partial charge in [0.25, 0.3) is 0 Å². The molecule has 5 rings (SSSR count). The van der Waals surface area contributed by atoms with Gasteiger partial charge in [0.15, 0.2) is 0 Å². The van der Waals surface area contributed by atoms with Gasteiger partial charge in [0.1, 0.15) is 17.0 Å². The third kappa shape index (κ3) is 2.54. The summed E-state index contributed by atoms with van der Waals surface area (Å²) in [4.78, 5) is 31.4. The van der Waals surface area contributed by atoms with Crippen LogP contribution in [0.4, 0.5) is 5.82 Å². The molecule has 26 heavy (non-hydrogen) atoms. The molecule has 7 heteroatoms. The molecule has 3 aromatic heterocycles. The Kier molecular flexibility index (Phi) is 3.81. The van der Waals surface area contributed by atoms with Gasteiger partial charge < -0.3 is 9.80 Å². The van der Waals surface area contributed by atoms with E-state index in [-0.39, 0.29) is 11.9 Å². The van der Waals surface area contributed by atoms with Gasteiger partial charge in [-0.25, -0.2) is 9.97 Å². The maximum absolute atomic E-state index is 12.8. The van der Waals surface area contributed by atoms with Gasteiger partial charge in [-0.15, -0.1) is 11.3 Å². The number of likely N-dealkylation sites (tertiary alicyclic amines) is 1. The highest BCUT2D eigenvalue weighted by Crippen LogP contribution is 2.37. The van der Waals surface area contributed by atoms with Gasteiger partial charge in [-0.1, -0.05) is 6.07 Å². The Morgan fingerprint density at radius 3 is 3.00 bits per heavy atom. The van der Waals surface area contributed by atoms with E-state index in [2.05, 4.69) is 36.2 Å². The first-order chi connectivity index (χ1) is 12.8. The molecular formula is C19H19N5OS. The third-order valence-corrected chi connectivity index (χ3v) is 6.31.